The van der Waals surface area contributed by atoms with Crippen LogP contribution in [0.25, 0.3) is 0 Å². The lowest BCUT2D eigenvalue weighted by Gasteiger charge is -2.26. The van der Waals surface area contributed by atoms with Gasteiger partial charge in [-0.05, 0) is 72.9 Å². The molecule has 2 aliphatic carbocycles. The number of hydrogen-bond donors (Lipinski definition) is 1. The standard InChI is InChI=1S/C23H25NO3S/c25-22(24-21-10-4-7-17-5-1-2-9-20(17)21)14-27-23(26)15-28-19-12-11-16-6-3-8-18(16)13-19/h1-2,5,9,11-13,21H,3-4,6-8,10,14-15H2,(H,24,25)/t21-/m0/s1. The Morgan fingerprint density at radius 1 is 1.00 bits per heavy atom. The fraction of sp³-hybridized carbons (Fsp3) is 0.391. The van der Waals surface area contributed by atoms with E-state index in [0.29, 0.717) is 0 Å². The average molecular weight is 396 g/mol. The summed E-state index contributed by atoms with van der Waals surface area (Å²) in [7, 11) is 0. The second-order valence-corrected chi connectivity index (χ2v) is 8.49. The van der Waals surface area contributed by atoms with Crippen LogP contribution in [0.1, 0.15) is 47.6 Å². The number of hydrogen-bond acceptors (Lipinski definition) is 4. The van der Waals surface area contributed by atoms with E-state index in [0.717, 1.165) is 37.0 Å². The number of aryl methyl sites for hydroxylation is 3. The van der Waals surface area contributed by atoms with E-state index in [4.69, 9.17) is 4.74 Å². The van der Waals surface area contributed by atoms with E-state index in [1.807, 2.05) is 12.1 Å². The average Bonchev–Trinajstić information content (AvgIpc) is 3.19. The minimum absolute atomic E-state index is 0.0111. The smallest absolute Gasteiger partial charge is 0.316 e. The highest BCUT2D eigenvalue weighted by Crippen LogP contribution is 2.29. The van der Waals surface area contributed by atoms with E-state index >= 15 is 0 Å². The molecule has 0 bridgehead atoms. The van der Waals surface area contributed by atoms with Crippen LogP contribution in [0.5, 0.6) is 0 Å². The minimum atomic E-state index is -0.357. The Kier molecular flexibility index (Phi) is 6.01. The van der Waals surface area contributed by atoms with Gasteiger partial charge in [0.2, 0.25) is 0 Å². The first-order chi connectivity index (χ1) is 13.7. The van der Waals surface area contributed by atoms with Crippen LogP contribution < -0.4 is 5.32 Å². The molecule has 2 aromatic rings. The number of benzene rings is 2. The summed E-state index contributed by atoms with van der Waals surface area (Å²) >= 11 is 1.47. The second kappa shape index (κ2) is 8.82. The number of thioether (sulfide) groups is 1. The van der Waals surface area contributed by atoms with Gasteiger partial charge in [-0.3, -0.25) is 9.59 Å². The normalized spacial score (nSPS) is 17.5. The summed E-state index contributed by atoms with van der Waals surface area (Å²) in [6.07, 6.45) is 6.52. The van der Waals surface area contributed by atoms with Crippen molar-refractivity contribution >= 4 is 23.6 Å². The maximum atomic E-state index is 12.2. The molecule has 0 heterocycles. The maximum Gasteiger partial charge on any atom is 0.316 e. The fourth-order valence-corrected chi connectivity index (χ4v) is 4.87. The van der Waals surface area contributed by atoms with Crippen LogP contribution in [0.4, 0.5) is 0 Å². The van der Waals surface area contributed by atoms with E-state index in [1.54, 1.807) is 0 Å². The lowest BCUT2D eigenvalue weighted by Crippen LogP contribution is -2.34. The Bertz CT molecular complexity index is 880. The fourth-order valence-electron chi connectivity index (χ4n) is 4.11. The van der Waals surface area contributed by atoms with Crippen LogP contribution in [0.2, 0.25) is 0 Å². The van der Waals surface area contributed by atoms with Gasteiger partial charge in [0.25, 0.3) is 5.91 Å². The van der Waals surface area contributed by atoms with E-state index in [2.05, 4.69) is 35.6 Å². The molecule has 0 saturated heterocycles. The zero-order valence-corrected chi connectivity index (χ0v) is 16.7. The monoisotopic (exact) mass is 395 g/mol. The molecule has 2 aromatic carbocycles. The number of carbonyl (C=O) groups is 2. The van der Waals surface area contributed by atoms with Gasteiger partial charge in [-0.2, -0.15) is 0 Å². The zero-order valence-electron chi connectivity index (χ0n) is 15.9. The maximum absolute atomic E-state index is 12.2. The van der Waals surface area contributed by atoms with Crippen molar-refractivity contribution in [1.29, 1.82) is 0 Å². The van der Waals surface area contributed by atoms with Crippen molar-refractivity contribution in [2.45, 2.75) is 49.5 Å². The van der Waals surface area contributed by atoms with Crippen LogP contribution in [-0.2, 0) is 33.6 Å². The molecule has 0 radical (unpaired) electrons. The van der Waals surface area contributed by atoms with E-state index in [1.165, 1.54) is 40.4 Å². The quantitative estimate of drug-likeness (QED) is 0.593. The van der Waals surface area contributed by atoms with Crippen molar-refractivity contribution in [3.63, 3.8) is 0 Å². The highest BCUT2D eigenvalue weighted by atomic mass is 32.2. The summed E-state index contributed by atoms with van der Waals surface area (Å²) in [6.45, 7) is -0.220. The molecule has 0 spiro atoms. The van der Waals surface area contributed by atoms with Crippen molar-refractivity contribution in [3.05, 3.63) is 64.7 Å². The van der Waals surface area contributed by atoms with Gasteiger partial charge in [-0.25, -0.2) is 0 Å². The predicted molar refractivity (Wildman–Crippen MR) is 110 cm³/mol. The van der Waals surface area contributed by atoms with Gasteiger partial charge < -0.3 is 10.1 Å². The van der Waals surface area contributed by atoms with Crippen LogP contribution in [0.15, 0.2) is 47.4 Å². The zero-order chi connectivity index (χ0) is 19.3. The molecule has 0 fully saturated rings. The van der Waals surface area contributed by atoms with Gasteiger partial charge in [0.15, 0.2) is 6.61 Å². The Hall–Kier alpha value is -2.27. The number of nitrogens with one attached hydrogen (secondary N) is 1. The molecule has 1 N–H and O–H groups in total. The molecule has 0 aromatic heterocycles. The molecule has 0 unspecified atom stereocenters. The number of amides is 1. The lowest BCUT2D eigenvalue weighted by atomic mass is 9.88. The van der Waals surface area contributed by atoms with Gasteiger partial charge in [0.1, 0.15) is 0 Å². The molecule has 4 nitrogen and oxygen atoms in total. The first kappa shape index (κ1) is 19.1. The van der Waals surface area contributed by atoms with E-state index < -0.39 is 0 Å². The van der Waals surface area contributed by atoms with Crippen LogP contribution in [0, 0.1) is 0 Å². The summed E-state index contributed by atoms with van der Waals surface area (Å²) in [6, 6.07) is 14.6. The number of ether oxygens (including phenoxy) is 1. The summed E-state index contributed by atoms with van der Waals surface area (Å²) in [5, 5.41) is 3.01. The van der Waals surface area contributed by atoms with Gasteiger partial charge in [-0.15, -0.1) is 11.8 Å². The topological polar surface area (TPSA) is 55.4 Å². The second-order valence-electron chi connectivity index (χ2n) is 7.44. The molecule has 0 aliphatic heterocycles. The van der Waals surface area contributed by atoms with Gasteiger partial charge in [0, 0.05) is 4.90 Å². The Labute approximate surface area is 170 Å². The van der Waals surface area contributed by atoms with Gasteiger partial charge >= 0.3 is 5.97 Å². The number of fused-ring (bicyclic) bond motifs is 2. The molecular weight excluding hydrogens is 370 g/mol. The summed E-state index contributed by atoms with van der Waals surface area (Å²) in [5.41, 5.74) is 5.29. The molecular formula is C23H25NO3S. The number of esters is 1. The van der Waals surface area contributed by atoms with E-state index in [9.17, 15) is 9.59 Å². The van der Waals surface area contributed by atoms with Crippen LogP contribution in [0.3, 0.4) is 0 Å². The lowest BCUT2D eigenvalue weighted by molar-refractivity contribution is -0.146. The van der Waals surface area contributed by atoms with Gasteiger partial charge in [-0.1, -0.05) is 30.3 Å². The Balaban J connectivity index is 1.22. The molecule has 5 heteroatoms. The Morgan fingerprint density at radius 2 is 1.82 bits per heavy atom. The molecule has 1 atom stereocenters. The highest BCUT2D eigenvalue weighted by Gasteiger charge is 2.21. The molecule has 1 amide bonds. The van der Waals surface area contributed by atoms with Crippen LogP contribution >= 0.6 is 11.8 Å². The van der Waals surface area contributed by atoms with Crippen molar-refractivity contribution < 1.29 is 14.3 Å². The summed E-state index contributed by atoms with van der Waals surface area (Å²) < 4.78 is 5.18. The van der Waals surface area contributed by atoms with Crippen molar-refractivity contribution in [2.75, 3.05) is 12.4 Å². The molecule has 28 heavy (non-hydrogen) atoms. The van der Waals surface area contributed by atoms with Crippen molar-refractivity contribution in [3.8, 4) is 0 Å². The predicted octanol–water partition coefficient (Wildman–Crippen LogP) is 4.00. The van der Waals surface area contributed by atoms with E-state index in [-0.39, 0.29) is 30.3 Å². The third-order valence-corrected chi connectivity index (χ3v) is 6.46. The minimum Gasteiger partial charge on any atom is -0.455 e. The van der Waals surface area contributed by atoms with Gasteiger partial charge in [0.05, 0.1) is 11.8 Å². The first-order valence-electron chi connectivity index (χ1n) is 9.96. The molecule has 0 saturated carbocycles. The third kappa shape index (κ3) is 4.58. The number of carbonyl (C=O) groups excluding carboxylic acids is 2. The number of rotatable bonds is 6. The SMILES string of the molecule is O=C(COC(=O)CSc1ccc2c(c1)CCC2)N[C@H]1CCCc2ccccc21. The molecule has 2 aliphatic rings. The summed E-state index contributed by atoms with van der Waals surface area (Å²) in [4.78, 5) is 25.3. The van der Waals surface area contributed by atoms with Crippen molar-refractivity contribution in [2.24, 2.45) is 0 Å². The molecule has 146 valence electrons. The molecule has 4 rings (SSSR count). The Morgan fingerprint density at radius 3 is 2.75 bits per heavy atom. The highest BCUT2D eigenvalue weighted by molar-refractivity contribution is 8.00. The van der Waals surface area contributed by atoms with Crippen molar-refractivity contribution in [1.82, 2.24) is 5.32 Å². The third-order valence-electron chi connectivity index (χ3n) is 5.50. The summed E-state index contributed by atoms with van der Waals surface area (Å²) in [5.74, 6) is -0.375. The first-order valence-corrected chi connectivity index (χ1v) is 10.9. The largest absolute Gasteiger partial charge is 0.455 e. The van der Waals surface area contributed by atoms with Crippen LogP contribution in [-0.4, -0.2) is 24.2 Å².